The first-order valence-corrected chi connectivity index (χ1v) is 10.5. The highest BCUT2D eigenvalue weighted by Crippen LogP contribution is 2.32. The monoisotopic (exact) mass is 389 g/mol. The summed E-state index contributed by atoms with van der Waals surface area (Å²) in [6.07, 6.45) is -0.0922. The first-order chi connectivity index (χ1) is 12.8. The van der Waals surface area contributed by atoms with Crippen molar-refractivity contribution >= 4 is 15.7 Å². The molecule has 0 saturated heterocycles. The number of hydrogen-bond donors (Lipinski definition) is 1. The van der Waals surface area contributed by atoms with E-state index in [9.17, 15) is 13.2 Å². The normalized spacial score (nSPS) is 14.4. The summed E-state index contributed by atoms with van der Waals surface area (Å²) < 4.78 is 35.7. The Balaban J connectivity index is 1.58. The van der Waals surface area contributed by atoms with Crippen LogP contribution in [0, 0.1) is 6.92 Å². The number of ether oxygens (including phenoxy) is 2. The summed E-state index contributed by atoms with van der Waals surface area (Å²) in [6, 6.07) is 11.9. The van der Waals surface area contributed by atoms with Crippen molar-refractivity contribution < 1.29 is 22.7 Å². The van der Waals surface area contributed by atoms with Crippen LogP contribution in [0.2, 0.25) is 0 Å². The van der Waals surface area contributed by atoms with Gasteiger partial charge in [0.05, 0.1) is 16.7 Å². The topological polar surface area (TPSA) is 81.7 Å². The molecule has 7 heteroatoms. The SMILES string of the molecule is Cc1ccc(S(=O)(=O)CCC(=O)N[C@@H](C)c2ccc3c(c2)OCCO3)cc1. The largest absolute Gasteiger partial charge is 0.486 e. The molecule has 0 unspecified atom stereocenters. The van der Waals surface area contributed by atoms with Crippen molar-refractivity contribution in [2.75, 3.05) is 19.0 Å². The average molecular weight is 389 g/mol. The van der Waals surface area contributed by atoms with Crippen LogP contribution in [0.1, 0.15) is 30.5 Å². The van der Waals surface area contributed by atoms with E-state index in [-0.39, 0.29) is 29.0 Å². The first-order valence-electron chi connectivity index (χ1n) is 8.83. The number of hydrogen-bond acceptors (Lipinski definition) is 5. The van der Waals surface area contributed by atoms with Crippen LogP contribution in [0.15, 0.2) is 47.4 Å². The molecule has 144 valence electrons. The van der Waals surface area contributed by atoms with Gasteiger partial charge in [0.15, 0.2) is 21.3 Å². The Labute approximate surface area is 159 Å². The van der Waals surface area contributed by atoms with Crippen molar-refractivity contribution in [1.82, 2.24) is 5.32 Å². The molecule has 1 atom stereocenters. The first kappa shape index (κ1) is 19.2. The molecule has 0 spiro atoms. The molecule has 27 heavy (non-hydrogen) atoms. The lowest BCUT2D eigenvalue weighted by atomic mass is 10.1. The number of sulfone groups is 1. The van der Waals surface area contributed by atoms with Crippen molar-refractivity contribution in [3.8, 4) is 11.5 Å². The maximum atomic E-state index is 12.4. The molecule has 2 aromatic carbocycles. The van der Waals surface area contributed by atoms with Crippen LogP contribution in [0.25, 0.3) is 0 Å². The molecule has 2 aromatic rings. The van der Waals surface area contributed by atoms with E-state index in [0.717, 1.165) is 11.1 Å². The summed E-state index contributed by atoms with van der Waals surface area (Å²) in [5.41, 5.74) is 1.86. The van der Waals surface area contributed by atoms with Crippen molar-refractivity contribution in [3.05, 3.63) is 53.6 Å². The Morgan fingerprint density at radius 1 is 1.07 bits per heavy atom. The van der Waals surface area contributed by atoms with E-state index in [1.807, 2.05) is 32.0 Å². The molecule has 6 nitrogen and oxygen atoms in total. The second-order valence-electron chi connectivity index (χ2n) is 6.57. The fourth-order valence-corrected chi connectivity index (χ4v) is 4.06. The Bertz CT molecular complexity index is 922. The summed E-state index contributed by atoms with van der Waals surface area (Å²) in [5.74, 6) is 0.804. The van der Waals surface area contributed by atoms with E-state index in [4.69, 9.17) is 9.47 Å². The van der Waals surface area contributed by atoms with Gasteiger partial charge in [0.25, 0.3) is 0 Å². The van der Waals surface area contributed by atoms with E-state index in [1.165, 1.54) is 0 Å². The lowest BCUT2D eigenvalue weighted by Gasteiger charge is -2.21. The molecule has 0 aliphatic carbocycles. The van der Waals surface area contributed by atoms with E-state index in [2.05, 4.69) is 5.32 Å². The smallest absolute Gasteiger partial charge is 0.221 e. The number of carbonyl (C=O) groups excluding carboxylic acids is 1. The fraction of sp³-hybridized carbons (Fsp3) is 0.350. The number of nitrogens with one attached hydrogen (secondary N) is 1. The standard InChI is InChI=1S/C20H23NO5S/c1-14-3-6-17(7-4-14)27(23,24)12-9-20(22)21-15(2)16-5-8-18-19(13-16)26-11-10-25-18/h3-8,13,15H,9-12H2,1-2H3,(H,21,22)/t15-/m0/s1. The van der Waals surface area contributed by atoms with Crippen LogP contribution in [-0.4, -0.2) is 33.3 Å². The van der Waals surface area contributed by atoms with Crippen LogP contribution < -0.4 is 14.8 Å². The molecule has 1 amide bonds. The maximum Gasteiger partial charge on any atom is 0.221 e. The maximum absolute atomic E-state index is 12.4. The van der Waals surface area contributed by atoms with Gasteiger partial charge in [0, 0.05) is 6.42 Å². The Kier molecular flexibility index (Phi) is 5.70. The second kappa shape index (κ2) is 8.00. The van der Waals surface area contributed by atoms with Crippen LogP contribution in [0.5, 0.6) is 11.5 Å². The quantitative estimate of drug-likeness (QED) is 0.822. The predicted octanol–water partition coefficient (Wildman–Crippen LogP) is 2.81. The minimum Gasteiger partial charge on any atom is -0.486 e. The van der Waals surface area contributed by atoms with E-state index < -0.39 is 9.84 Å². The molecule has 0 bridgehead atoms. The van der Waals surface area contributed by atoms with Gasteiger partial charge in [-0.25, -0.2) is 8.42 Å². The van der Waals surface area contributed by atoms with Crippen molar-refractivity contribution in [2.24, 2.45) is 0 Å². The minimum atomic E-state index is -3.48. The van der Waals surface area contributed by atoms with Crippen molar-refractivity contribution in [1.29, 1.82) is 0 Å². The lowest BCUT2D eigenvalue weighted by Crippen LogP contribution is -2.28. The third-order valence-electron chi connectivity index (χ3n) is 4.42. The van der Waals surface area contributed by atoms with Gasteiger partial charge < -0.3 is 14.8 Å². The van der Waals surface area contributed by atoms with Gasteiger partial charge in [-0.05, 0) is 43.7 Å². The van der Waals surface area contributed by atoms with Gasteiger partial charge in [-0.1, -0.05) is 23.8 Å². The van der Waals surface area contributed by atoms with Crippen LogP contribution >= 0.6 is 0 Å². The van der Waals surface area contributed by atoms with Gasteiger partial charge >= 0.3 is 0 Å². The zero-order chi connectivity index (χ0) is 19.4. The minimum absolute atomic E-state index is 0.0922. The summed E-state index contributed by atoms with van der Waals surface area (Å²) in [4.78, 5) is 12.5. The Morgan fingerprint density at radius 3 is 2.44 bits per heavy atom. The van der Waals surface area contributed by atoms with Gasteiger partial charge in [0.2, 0.25) is 5.91 Å². The zero-order valence-corrected chi connectivity index (χ0v) is 16.2. The fourth-order valence-electron chi connectivity index (χ4n) is 2.82. The molecule has 0 fully saturated rings. The Hall–Kier alpha value is -2.54. The highest BCUT2D eigenvalue weighted by Gasteiger charge is 2.19. The van der Waals surface area contributed by atoms with Crippen molar-refractivity contribution in [2.45, 2.75) is 31.2 Å². The molecule has 3 rings (SSSR count). The number of benzene rings is 2. The van der Waals surface area contributed by atoms with Crippen LogP contribution in [-0.2, 0) is 14.6 Å². The van der Waals surface area contributed by atoms with E-state index >= 15 is 0 Å². The summed E-state index contributed by atoms with van der Waals surface area (Å²) in [5, 5.41) is 2.84. The van der Waals surface area contributed by atoms with Crippen molar-refractivity contribution in [3.63, 3.8) is 0 Å². The zero-order valence-electron chi connectivity index (χ0n) is 15.4. The third-order valence-corrected chi connectivity index (χ3v) is 6.15. The van der Waals surface area contributed by atoms with E-state index in [1.54, 1.807) is 24.3 Å². The van der Waals surface area contributed by atoms with Gasteiger partial charge in [-0.15, -0.1) is 0 Å². The molecular formula is C20H23NO5S. The highest BCUT2D eigenvalue weighted by molar-refractivity contribution is 7.91. The molecule has 0 aromatic heterocycles. The molecular weight excluding hydrogens is 366 g/mol. The van der Waals surface area contributed by atoms with Crippen LogP contribution in [0.3, 0.4) is 0 Å². The van der Waals surface area contributed by atoms with Gasteiger partial charge in [-0.3, -0.25) is 4.79 Å². The van der Waals surface area contributed by atoms with E-state index in [0.29, 0.717) is 24.7 Å². The third kappa shape index (κ3) is 4.80. The molecule has 0 radical (unpaired) electrons. The highest BCUT2D eigenvalue weighted by atomic mass is 32.2. The number of aryl methyl sites for hydroxylation is 1. The molecule has 1 heterocycles. The number of rotatable bonds is 6. The summed E-state index contributed by atoms with van der Waals surface area (Å²) in [6.45, 7) is 4.75. The lowest BCUT2D eigenvalue weighted by molar-refractivity contribution is -0.121. The van der Waals surface area contributed by atoms with Gasteiger partial charge in [0.1, 0.15) is 13.2 Å². The number of carbonyl (C=O) groups is 1. The molecule has 1 N–H and O–H groups in total. The van der Waals surface area contributed by atoms with Crippen LogP contribution in [0.4, 0.5) is 0 Å². The second-order valence-corrected chi connectivity index (χ2v) is 8.68. The number of fused-ring (bicyclic) bond motifs is 1. The number of amides is 1. The molecule has 0 saturated carbocycles. The Morgan fingerprint density at radius 2 is 1.74 bits per heavy atom. The molecule has 1 aliphatic heterocycles. The summed E-state index contributed by atoms with van der Waals surface area (Å²) >= 11 is 0. The molecule has 1 aliphatic rings. The van der Waals surface area contributed by atoms with Gasteiger partial charge in [-0.2, -0.15) is 0 Å². The summed E-state index contributed by atoms with van der Waals surface area (Å²) in [7, 11) is -3.48. The predicted molar refractivity (Wildman–Crippen MR) is 102 cm³/mol. The average Bonchev–Trinajstić information content (AvgIpc) is 2.66.